The van der Waals surface area contributed by atoms with Crippen LogP contribution < -0.4 is 10.6 Å². The normalized spacial score (nSPS) is 20.0. The maximum absolute atomic E-state index is 12.3. The molecule has 4 nitrogen and oxygen atoms in total. The highest BCUT2D eigenvalue weighted by Crippen LogP contribution is 2.17. The molecule has 1 unspecified atom stereocenters. The fourth-order valence-electron chi connectivity index (χ4n) is 3.27. The van der Waals surface area contributed by atoms with Crippen LogP contribution >= 0.6 is 0 Å². The number of carbonyl (C=O) groups is 1. The van der Waals surface area contributed by atoms with Crippen molar-refractivity contribution in [3.63, 3.8) is 0 Å². The van der Waals surface area contributed by atoms with Crippen LogP contribution in [0.4, 0.5) is 0 Å². The van der Waals surface area contributed by atoms with Crippen molar-refractivity contribution in [1.29, 1.82) is 0 Å². The van der Waals surface area contributed by atoms with Crippen molar-refractivity contribution in [2.45, 2.75) is 45.3 Å². The third kappa shape index (κ3) is 3.44. The second-order valence-corrected chi connectivity index (χ2v) is 6.24. The molecule has 0 saturated carbocycles. The molecular weight excluding hydrogens is 262 g/mol. The summed E-state index contributed by atoms with van der Waals surface area (Å²) in [6.45, 7) is 7.07. The lowest BCUT2D eigenvalue weighted by Crippen LogP contribution is -2.44. The third-order valence-corrected chi connectivity index (χ3v) is 4.67. The minimum absolute atomic E-state index is 0.0496. The molecular formula is C17H25N3O. The van der Waals surface area contributed by atoms with Crippen LogP contribution in [0.15, 0.2) is 18.2 Å². The first kappa shape index (κ1) is 14.5. The van der Waals surface area contributed by atoms with E-state index < -0.39 is 0 Å². The topological polar surface area (TPSA) is 44.4 Å². The molecule has 114 valence electrons. The van der Waals surface area contributed by atoms with Gasteiger partial charge in [-0.25, -0.2) is 0 Å². The summed E-state index contributed by atoms with van der Waals surface area (Å²) in [5.74, 6) is 0.0496. The zero-order valence-electron chi connectivity index (χ0n) is 12.8. The van der Waals surface area contributed by atoms with Crippen LogP contribution in [0.1, 0.15) is 47.7 Å². The Labute approximate surface area is 126 Å². The number of hydrogen-bond donors (Lipinski definition) is 2. The molecule has 0 aliphatic carbocycles. The van der Waals surface area contributed by atoms with Gasteiger partial charge in [-0.3, -0.25) is 9.69 Å². The van der Waals surface area contributed by atoms with E-state index >= 15 is 0 Å². The monoisotopic (exact) mass is 287 g/mol. The molecule has 1 aromatic carbocycles. The summed E-state index contributed by atoms with van der Waals surface area (Å²) in [6.07, 6.45) is 3.92. The molecule has 0 spiro atoms. The van der Waals surface area contributed by atoms with E-state index in [0.29, 0.717) is 6.04 Å². The van der Waals surface area contributed by atoms with Crippen molar-refractivity contribution in [1.82, 2.24) is 15.5 Å². The van der Waals surface area contributed by atoms with E-state index in [2.05, 4.69) is 28.5 Å². The average Bonchev–Trinajstić information content (AvgIpc) is 3.00. The van der Waals surface area contributed by atoms with Crippen LogP contribution in [0, 0.1) is 0 Å². The Kier molecular flexibility index (Phi) is 4.56. The zero-order valence-corrected chi connectivity index (χ0v) is 12.8. The van der Waals surface area contributed by atoms with Gasteiger partial charge in [0.1, 0.15) is 0 Å². The highest BCUT2D eigenvalue weighted by Gasteiger charge is 2.18. The summed E-state index contributed by atoms with van der Waals surface area (Å²) >= 11 is 0. The first-order chi connectivity index (χ1) is 10.2. The molecule has 0 radical (unpaired) electrons. The predicted molar refractivity (Wildman–Crippen MR) is 84.2 cm³/mol. The molecule has 1 aromatic rings. The van der Waals surface area contributed by atoms with Gasteiger partial charge in [0, 0.05) is 31.2 Å². The lowest BCUT2D eigenvalue weighted by molar-refractivity contribution is 0.0930. The molecule has 3 rings (SSSR count). The molecule has 21 heavy (non-hydrogen) atoms. The predicted octanol–water partition coefficient (Wildman–Crippen LogP) is 1.89. The van der Waals surface area contributed by atoms with Gasteiger partial charge in [0.15, 0.2) is 0 Å². The van der Waals surface area contributed by atoms with Gasteiger partial charge in [0.05, 0.1) is 0 Å². The second kappa shape index (κ2) is 6.58. The van der Waals surface area contributed by atoms with Crippen LogP contribution in [-0.2, 0) is 13.1 Å². The van der Waals surface area contributed by atoms with Crippen LogP contribution in [0.25, 0.3) is 0 Å². The van der Waals surface area contributed by atoms with Crippen LogP contribution in [-0.4, -0.2) is 36.5 Å². The molecule has 2 aliphatic rings. The van der Waals surface area contributed by atoms with Crippen molar-refractivity contribution >= 4 is 5.91 Å². The number of nitrogens with zero attached hydrogens (tertiary/aromatic N) is 1. The largest absolute Gasteiger partial charge is 0.350 e. The minimum Gasteiger partial charge on any atom is -0.350 e. The zero-order chi connectivity index (χ0) is 14.7. The summed E-state index contributed by atoms with van der Waals surface area (Å²) in [5, 5.41) is 6.39. The van der Waals surface area contributed by atoms with Crippen molar-refractivity contribution in [3.8, 4) is 0 Å². The van der Waals surface area contributed by atoms with Crippen molar-refractivity contribution in [2.24, 2.45) is 0 Å². The van der Waals surface area contributed by atoms with Crippen molar-refractivity contribution in [3.05, 3.63) is 34.9 Å². The van der Waals surface area contributed by atoms with Gasteiger partial charge in [-0.15, -0.1) is 0 Å². The van der Waals surface area contributed by atoms with E-state index in [0.717, 1.165) is 25.2 Å². The Morgan fingerprint density at radius 1 is 1.24 bits per heavy atom. The number of benzene rings is 1. The van der Waals surface area contributed by atoms with E-state index in [1.165, 1.54) is 43.5 Å². The summed E-state index contributed by atoms with van der Waals surface area (Å²) < 4.78 is 0. The third-order valence-electron chi connectivity index (χ3n) is 4.67. The molecule has 2 heterocycles. The van der Waals surface area contributed by atoms with E-state index in [1.54, 1.807) is 0 Å². The van der Waals surface area contributed by atoms with E-state index in [-0.39, 0.29) is 5.91 Å². The number of nitrogens with one attached hydrogen (secondary N) is 2. The van der Waals surface area contributed by atoms with Gasteiger partial charge >= 0.3 is 0 Å². The Balaban J connectivity index is 1.54. The fourth-order valence-corrected chi connectivity index (χ4v) is 3.27. The molecule has 1 saturated heterocycles. The van der Waals surface area contributed by atoms with Gasteiger partial charge in [0.2, 0.25) is 0 Å². The number of piperidine rings is 1. The van der Waals surface area contributed by atoms with E-state index in [4.69, 9.17) is 0 Å². The van der Waals surface area contributed by atoms with Gasteiger partial charge in [-0.05, 0) is 56.1 Å². The highest BCUT2D eigenvalue weighted by atomic mass is 16.1. The summed E-state index contributed by atoms with van der Waals surface area (Å²) in [4.78, 5) is 14.8. The van der Waals surface area contributed by atoms with Crippen LogP contribution in [0.3, 0.4) is 0 Å². The average molecular weight is 287 g/mol. The summed E-state index contributed by atoms with van der Waals surface area (Å²) in [5.41, 5.74) is 3.35. The maximum atomic E-state index is 12.3. The standard InChI is InChI=1S/C17H25N3O/c1-13(20-7-3-2-4-8-20)10-19-17(21)14-5-6-15-11-18-12-16(15)9-14/h5-6,9,13,18H,2-4,7-8,10-12H2,1H3,(H,19,21). The first-order valence-corrected chi connectivity index (χ1v) is 8.09. The quantitative estimate of drug-likeness (QED) is 0.889. The highest BCUT2D eigenvalue weighted by molar-refractivity contribution is 5.94. The van der Waals surface area contributed by atoms with Crippen molar-refractivity contribution in [2.75, 3.05) is 19.6 Å². The van der Waals surface area contributed by atoms with Gasteiger partial charge in [-0.1, -0.05) is 12.5 Å². The molecule has 1 amide bonds. The Bertz CT molecular complexity index is 509. The molecule has 0 bridgehead atoms. The molecule has 1 atom stereocenters. The van der Waals surface area contributed by atoms with Gasteiger partial charge in [0.25, 0.3) is 5.91 Å². The number of hydrogen-bond acceptors (Lipinski definition) is 3. The SMILES string of the molecule is CC(CNC(=O)c1ccc2c(c1)CNC2)N1CCCCC1. The number of likely N-dealkylation sites (tertiary alicyclic amines) is 1. The lowest BCUT2D eigenvalue weighted by atomic mass is 10.1. The molecule has 1 fully saturated rings. The Morgan fingerprint density at radius 2 is 2.00 bits per heavy atom. The first-order valence-electron chi connectivity index (χ1n) is 8.09. The summed E-state index contributed by atoms with van der Waals surface area (Å²) in [6, 6.07) is 6.45. The molecule has 2 aliphatic heterocycles. The Morgan fingerprint density at radius 3 is 2.81 bits per heavy atom. The maximum Gasteiger partial charge on any atom is 0.251 e. The number of carbonyl (C=O) groups excluding carboxylic acids is 1. The van der Waals surface area contributed by atoms with Gasteiger partial charge < -0.3 is 10.6 Å². The minimum atomic E-state index is 0.0496. The number of amides is 1. The van der Waals surface area contributed by atoms with E-state index in [9.17, 15) is 4.79 Å². The van der Waals surface area contributed by atoms with Gasteiger partial charge in [-0.2, -0.15) is 0 Å². The Hall–Kier alpha value is -1.39. The smallest absolute Gasteiger partial charge is 0.251 e. The molecule has 0 aromatic heterocycles. The fraction of sp³-hybridized carbons (Fsp3) is 0.588. The molecule has 2 N–H and O–H groups in total. The number of fused-ring (bicyclic) bond motifs is 1. The van der Waals surface area contributed by atoms with E-state index in [1.807, 2.05) is 12.1 Å². The number of rotatable bonds is 4. The van der Waals surface area contributed by atoms with Crippen molar-refractivity contribution < 1.29 is 4.79 Å². The second-order valence-electron chi connectivity index (χ2n) is 6.24. The summed E-state index contributed by atoms with van der Waals surface area (Å²) in [7, 11) is 0. The molecule has 4 heteroatoms. The van der Waals surface area contributed by atoms with Crippen LogP contribution in [0.2, 0.25) is 0 Å². The lowest BCUT2D eigenvalue weighted by Gasteiger charge is -2.32. The van der Waals surface area contributed by atoms with Crippen LogP contribution in [0.5, 0.6) is 0 Å².